The molecule has 10 nitrogen and oxygen atoms in total. The second-order valence-electron chi connectivity index (χ2n) is 9.60. The van der Waals surface area contributed by atoms with Crippen molar-refractivity contribution in [2.75, 3.05) is 52.9 Å². The zero-order chi connectivity index (χ0) is 28.8. The minimum Gasteiger partial charge on any atom is -0.379 e. The van der Waals surface area contributed by atoms with Crippen LogP contribution in [0.5, 0.6) is 0 Å². The van der Waals surface area contributed by atoms with Crippen molar-refractivity contribution in [1.29, 1.82) is 0 Å². The summed E-state index contributed by atoms with van der Waals surface area (Å²) in [5.74, 6) is 0. The van der Waals surface area contributed by atoms with Gasteiger partial charge in [0.2, 0.25) is 0 Å². The van der Waals surface area contributed by atoms with Crippen LogP contribution in [0.4, 0.5) is 0 Å². The Morgan fingerprint density at radius 3 is 1.32 bits per heavy atom. The lowest BCUT2D eigenvalue weighted by molar-refractivity contribution is -0.0556. The van der Waals surface area contributed by atoms with E-state index in [1.54, 1.807) is 48.5 Å². The maximum absolute atomic E-state index is 11.9. The van der Waals surface area contributed by atoms with Crippen LogP contribution in [0.15, 0.2) is 58.3 Å². The second-order valence-corrected chi connectivity index (χ2v) is 12.8. The third-order valence-electron chi connectivity index (χ3n) is 6.21. The lowest BCUT2D eigenvalue weighted by Crippen LogP contribution is -2.27. The molecule has 0 N–H and O–H groups in total. The van der Waals surface area contributed by atoms with Gasteiger partial charge in [-0.3, -0.25) is 8.37 Å². The standard InChI is InChI=1S/2C14H20O5S/c2*1-12-4-6-14(7-5-12)20(15,16)19-10-9-18-13-3-2-8-17-11-13/h2*4-7,13H,2-3,8-11H2,1H3. The largest absolute Gasteiger partial charge is 0.379 e. The molecule has 2 saturated heterocycles. The Bertz CT molecular complexity index is 1100. The zero-order valence-corrected chi connectivity index (χ0v) is 24.8. The molecule has 224 valence electrons. The first-order valence-corrected chi connectivity index (χ1v) is 16.3. The first-order valence-electron chi connectivity index (χ1n) is 13.5. The van der Waals surface area contributed by atoms with Crippen LogP contribution in [-0.4, -0.2) is 81.9 Å². The summed E-state index contributed by atoms with van der Waals surface area (Å²) in [5, 5.41) is 0. The molecule has 2 aliphatic rings. The van der Waals surface area contributed by atoms with Crippen molar-refractivity contribution in [1.82, 2.24) is 0 Å². The predicted octanol–water partition coefficient (Wildman–Crippen LogP) is 3.79. The summed E-state index contributed by atoms with van der Waals surface area (Å²) in [5.41, 5.74) is 2.01. The number of rotatable bonds is 12. The summed E-state index contributed by atoms with van der Waals surface area (Å²) < 4.78 is 79.1. The third kappa shape index (κ3) is 11.5. The first kappa shape index (κ1) is 32.6. The average molecular weight is 601 g/mol. The highest BCUT2D eigenvalue weighted by Crippen LogP contribution is 2.15. The SMILES string of the molecule is Cc1ccc(S(=O)(=O)OCCOC2CCCOC2)cc1.Cc1ccc(S(=O)(=O)OCCOC2CCCOC2)cc1. The Morgan fingerprint density at radius 1 is 0.625 bits per heavy atom. The fourth-order valence-corrected chi connectivity index (χ4v) is 5.73. The summed E-state index contributed by atoms with van der Waals surface area (Å²) in [7, 11) is -7.38. The van der Waals surface area contributed by atoms with Gasteiger partial charge in [0.15, 0.2) is 0 Å². The van der Waals surface area contributed by atoms with Gasteiger partial charge in [-0.05, 0) is 63.8 Å². The molecule has 0 amide bonds. The van der Waals surface area contributed by atoms with Crippen molar-refractivity contribution < 1.29 is 44.1 Å². The highest BCUT2D eigenvalue weighted by atomic mass is 32.2. The smallest absolute Gasteiger partial charge is 0.297 e. The van der Waals surface area contributed by atoms with E-state index in [4.69, 9.17) is 27.3 Å². The van der Waals surface area contributed by atoms with Gasteiger partial charge in [0.05, 0.1) is 61.6 Å². The van der Waals surface area contributed by atoms with Crippen LogP contribution in [-0.2, 0) is 47.5 Å². The highest BCUT2D eigenvalue weighted by molar-refractivity contribution is 7.87. The van der Waals surface area contributed by atoms with Gasteiger partial charge < -0.3 is 18.9 Å². The van der Waals surface area contributed by atoms with Crippen LogP contribution in [0.1, 0.15) is 36.8 Å². The molecule has 0 radical (unpaired) electrons. The molecular weight excluding hydrogens is 560 g/mol. The van der Waals surface area contributed by atoms with Crippen molar-refractivity contribution >= 4 is 20.2 Å². The molecule has 2 aromatic rings. The van der Waals surface area contributed by atoms with Crippen molar-refractivity contribution in [2.24, 2.45) is 0 Å². The van der Waals surface area contributed by atoms with Gasteiger partial charge in [0.25, 0.3) is 20.2 Å². The normalized spacial score (nSPS) is 19.9. The van der Waals surface area contributed by atoms with Crippen LogP contribution >= 0.6 is 0 Å². The van der Waals surface area contributed by atoms with Gasteiger partial charge in [-0.1, -0.05) is 35.4 Å². The second kappa shape index (κ2) is 16.5. The van der Waals surface area contributed by atoms with Gasteiger partial charge in [-0.25, -0.2) is 0 Å². The maximum atomic E-state index is 11.9. The van der Waals surface area contributed by atoms with Crippen molar-refractivity contribution in [3.8, 4) is 0 Å². The molecule has 4 rings (SSSR count). The number of ether oxygens (including phenoxy) is 4. The van der Waals surface area contributed by atoms with E-state index in [2.05, 4.69) is 0 Å². The molecule has 2 unspecified atom stereocenters. The minimum atomic E-state index is -3.69. The van der Waals surface area contributed by atoms with E-state index in [1.165, 1.54) is 0 Å². The molecule has 2 aliphatic heterocycles. The van der Waals surface area contributed by atoms with Crippen LogP contribution in [0, 0.1) is 13.8 Å². The lowest BCUT2D eigenvalue weighted by Gasteiger charge is -2.22. The summed E-state index contributed by atoms with van der Waals surface area (Å²) in [4.78, 5) is 0.341. The molecular formula is C28H40O10S2. The predicted molar refractivity (Wildman–Crippen MR) is 148 cm³/mol. The Labute approximate surface area is 238 Å². The fraction of sp³-hybridized carbons (Fsp3) is 0.571. The molecule has 2 fully saturated rings. The van der Waals surface area contributed by atoms with E-state index in [-0.39, 0.29) is 48.4 Å². The molecule has 0 spiro atoms. The lowest BCUT2D eigenvalue weighted by atomic mass is 10.2. The molecule has 0 saturated carbocycles. The van der Waals surface area contributed by atoms with Crippen LogP contribution < -0.4 is 0 Å². The number of aryl methyl sites for hydroxylation is 2. The zero-order valence-electron chi connectivity index (χ0n) is 23.2. The molecule has 2 aromatic carbocycles. The van der Waals surface area contributed by atoms with Gasteiger partial charge in [-0.2, -0.15) is 16.8 Å². The van der Waals surface area contributed by atoms with E-state index in [0.717, 1.165) is 50.0 Å². The highest BCUT2D eigenvalue weighted by Gasteiger charge is 2.18. The molecule has 0 aromatic heterocycles. The quantitative estimate of drug-likeness (QED) is 0.263. The first-order chi connectivity index (χ1) is 19.2. The summed E-state index contributed by atoms with van der Waals surface area (Å²) in [6, 6.07) is 13.1. The Kier molecular flexibility index (Phi) is 13.5. The molecule has 0 aliphatic carbocycles. The van der Waals surface area contributed by atoms with Crippen LogP contribution in [0.2, 0.25) is 0 Å². The topological polar surface area (TPSA) is 124 Å². The van der Waals surface area contributed by atoms with Gasteiger partial charge in [-0.15, -0.1) is 0 Å². The molecule has 0 bridgehead atoms. The molecule has 2 atom stereocenters. The van der Waals surface area contributed by atoms with Crippen LogP contribution in [0.25, 0.3) is 0 Å². The van der Waals surface area contributed by atoms with E-state index in [1.807, 2.05) is 13.8 Å². The monoisotopic (exact) mass is 600 g/mol. The van der Waals surface area contributed by atoms with E-state index >= 15 is 0 Å². The summed E-state index contributed by atoms with van der Waals surface area (Å²) in [6.45, 7) is 7.04. The summed E-state index contributed by atoms with van der Waals surface area (Å²) >= 11 is 0. The van der Waals surface area contributed by atoms with Crippen molar-refractivity contribution in [3.63, 3.8) is 0 Å². The van der Waals surface area contributed by atoms with E-state index in [9.17, 15) is 16.8 Å². The van der Waals surface area contributed by atoms with Gasteiger partial charge in [0.1, 0.15) is 0 Å². The number of hydrogen-bond donors (Lipinski definition) is 0. The Balaban J connectivity index is 0.000000220. The molecule has 12 heteroatoms. The van der Waals surface area contributed by atoms with Gasteiger partial charge in [0, 0.05) is 13.2 Å². The van der Waals surface area contributed by atoms with E-state index in [0.29, 0.717) is 13.2 Å². The maximum Gasteiger partial charge on any atom is 0.297 e. The van der Waals surface area contributed by atoms with Crippen molar-refractivity contribution in [2.45, 2.75) is 61.5 Å². The van der Waals surface area contributed by atoms with E-state index < -0.39 is 20.2 Å². The Hall–Kier alpha value is -1.90. The molecule has 40 heavy (non-hydrogen) atoms. The Morgan fingerprint density at radius 2 is 1.00 bits per heavy atom. The van der Waals surface area contributed by atoms with Crippen molar-refractivity contribution in [3.05, 3.63) is 59.7 Å². The molecule has 2 heterocycles. The number of hydrogen-bond acceptors (Lipinski definition) is 10. The minimum absolute atomic E-state index is 0.0205. The summed E-state index contributed by atoms with van der Waals surface area (Å²) in [6.07, 6.45) is 3.96. The average Bonchev–Trinajstić information content (AvgIpc) is 2.95. The van der Waals surface area contributed by atoms with Gasteiger partial charge >= 0.3 is 0 Å². The number of benzene rings is 2. The fourth-order valence-electron chi connectivity index (χ4n) is 3.95. The third-order valence-corrected chi connectivity index (χ3v) is 8.86. The van der Waals surface area contributed by atoms with Crippen LogP contribution in [0.3, 0.4) is 0 Å².